The van der Waals surface area contributed by atoms with Crippen LogP contribution in [0.2, 0.25) is 0 Å². The van der Waals surface area contributed by atoms with Crippen molar-refractivity contribution in [2.75, 3.05) is 6.61 Å². The number of ether oxygens (including phenoxy) is 1. The number of amides is 1. The number of carbonyl (C=O) groups is 1. The van der Waals surface area contributed by atoms with Crippen LogP contribution in [0.1, 0.15) is 39.0 Å². The summed E-state index contributed by atoms with van der Waals surface area (Å²) in [6, 6.07) is 6.53. The highest BCUT2D eigenvalue weighted by atomic mass is 19.1. The van der Waals surface area contributed by atoms with E-state index in [0.29, 0.717) is 24.8 Å². The molecule has 1 saturated carbocycles. The highest BCUT2D eigenvalue weighted by Crippen LogP contribution is 2.25. The Morgan fingerprint density at radius 2 is 2.24 bits per heavy atom. The van der Waals surface area contributed by atoms with E-state index in [2.05, 4.69) is 5.32 Å². The van der Waals surface area contributed by atoms with Crippen molar-refractivity contribution in [1.29, 1.82) is 0 Å². The number of rotatable bonds is 9. The molecule has 2 rings (SSSR count). The molecule has 1 atom stereocenters. The van der Waals surface area contributed by atoms with Crippen molar-refractivity contribution in [3.05, 3.63) is 30.1 Å². The van der Waals surface area contributed by atoms with E-state index in [1.165, 1.54) is 12.1 Å². The Kier molecular flexibility index (Phi) is 5.17. The van der Waals surface area contributed by atoms with Gasteiger partial charge in [-0.2, -0.15) is 0 Å². The van der Waals surface area contributed by atoms with Crippen molar-refractivity contribution in [2.45, 2.75) is 50.6 Å². The minimum Gasteiger partial charge on any atom is -0.493 e. The van der Waals surface area contributed by atoms with Crippen molar-refractivity contribution in [2.24, 2.45) is 5.73 Å². The first-order valence-electron chi connectivity index (χ1n) is 7.45. The van der Waals surface area contributed by atoms with Gasteiger partial charge in [-0.25, -0.2) is 4.39 Å². The number of halogens is 1. The molecule has 0 spiro atoms. The number of hydrogen-bond acceptors (Lipinski definition) is 3. The topological polar surface area (TPSA) is 64.3 Å². The number of benzene rings is 1. The summed E-state index contributed by atoms with van der Waals surface area (Å²) in [5, 5.41) is 3.32. The van der Waals surface area contributed by atoms with Gasteiger partial charge < -0.3 is 15.8 Å². The second-order valence-corrected chi connectivity index (χ2v) is 5.88. The molecule has 0 aromatic heterocycles. The lowest BCUT2D eigenvalue weighted by molar-refractivity contribution is -0.124. The Hall–Kier alpha value is -1.62. The van der Waals surface area contributed by atoms with E-state index >= 15 is 0 Å². The molecular formula is C16H23FN2O2. The third kappa shape index (κ3) is 5.01. The van der Waals surface area contributed by atoms with Gasteiger partial charge >= 0.3 is 0 Å². The monoisotopic (exact) mass is 294 g/mol. The maximum absolute atomic E-state index is 13.0. The molecule has 0 radical (unpaired) electrons. The van der Waals surface area contributed by atoms with Gasteiger partial charge in [0.15, 0.2) is 0 Å². The fourth-order valence-electron chi connectivity index (χ4n) is 2.27. The van der Waals surface area contributed by atoms with E-state index in [-0.39, 0.29) is 11.7 Å². The SMILES string of the molecule is CC(CCCCOc1cccc(F)c1)(NC1CC1)C(N)=O. The van der Waals surface area contributed by atoms with Gasteiger partial charge in [0.1, 0.15) is 11.6 Å². The third-order valence-corrected chi connectivity index (χ3v) is 3.78. The summed E-state index contributed by atoms with van der Waals surface area (Å²) in [7, 11) is 0. The Bertz CT molecular complexity index is 491. The Labute approximate surface area is 124 Å². The van der Waals surface area contributed by atoms with Gasteiger partial charge in [0.2, 0.25) is 5.91 Å². The van der Waals surface area contributed by atoms with Crippen LogP contribution >= 0.6 is 0 Å². The first-order chi connectivity index (χ1) is 9.99. The number of hydrogen-bond donors (Lipinski definition) is 2. The van der Waals surface area contributed by atoms with Crippen molar-refractivity contribution in [3.8, 4) is 5.75 Å². The molecule has 1 unspecified atom stereocenters. The molecule has 0 heterocycles. The summed E-state index contributed by atoms with van der Waals surface area (Å²) in [5.41, 5.74) is 4.86. The van der Waals surface area contributed by atoms with E-state index in [1.54, 1.807) is 12.1 Å². The van der Waals surface area contributed by atoms with Crippen LogP contribution in [-0.2, 0) is 4.79 Å². The van der Waals surface area contributed by atoms with Crippen molar-refractivity contribution in [1.82, 2.24) is 5.32 Å². The van der Waals surface area contributed by atoms with Gasteiger partial charge in [0.05, 0.1) is 12.1 Å². The molecule has 1 aromatic rings. The predicted molar refractivity (Wildman–Crippen MR) is 79.5 cm³/mol. The number of nitrogens with two attached hydrogens (primary N) is 1. The van der Waals surface area contributed by atoms with Crippen LogP contribution in [-0.4, -0.2) is 24.1 Å². The molecule has 0 bridgehead atoms. The van der Waals surface area contributed by atoms with E-state index in [4.69, 9.17) is 10.5 Å². The van der Waals surface area contributed by atoms with E-state index in [0.717, 1.165) is 25.7 Å². The van der Waals surface area contributed by atoms with Crippen molar-refractivity contribution < 1.29 is 13.9 Å². The molecule has 1 amide bonds. The van der Waals surface area contributed by atoms with Crippen LogP contribution in [0.5, 0.6) is 5.75 Å². The Balaban J connectivity index is 1.69. The maximum atomic E-state index is 13.0. The second-order valence-electron chi connectivity index (χ2n) is 5.88. The van der Waals surface area contributed by atoms with E-state index < -0.39 is 5.54 Å². The number of nitrogens with one attached hydrogen (secondary N) is 1. The van der Waals surface area contributed by atoms with Gasteiger partial charge in [-0.3, -0.25) is 4.79 Å². The van der Waals surface area contributed by atoms with Crippen LogP contribution in [0.25, 0.3) is 0 Å². The molecule has 1 aliphatic rings. The molecule has 21 heavy (non-hydrogen) atoms. The number of unbranched alkanes of at least 4 members (excludes halogenated alkanes) is 1. The predicted octanol–water partition coefficient (Wildman–Crippen LogP) is 2.37. The molecule has 116 valence electrons. The summed E-state index contributed by atoms with van der Waals surface area (Å²) in [5.74, 6) is -0.0772. The van der Waals surface area contributed by atoms with Crippen molar-refractivity contribution in [3.63, 3.8) is 0 Å². The molecule has 0 saturated heterocycles. The fourth-order valence-corrected chi connectivity index (χ4v) is 2.27. The minimum absolute atomic E-state index is 0.303. The van der Waals surface area contributed by atoms with Crippen LogP contribution in [0.4, 0.5) is 4.39 Å². The largest absolute Gasteiger partial charge is 0.493 e. The summed E-state index contributed by atoms with van der Waals surface area (Å²) < 4.78 is 18.5. The number of primary amides is 1. The fraction of sp³-hybridized carbons (Fsp3) is 0.562. The normalized spacial score (nSPS) is 17.2. The molecule has 3 N–H and O–H groups in total. The summed E-state index contributed by atoms with van der Waals surface area (Å²) in [6.45, 7) is 2.36. The zero-order valence-corrected chi connectivity index (χ0v) is 12.4. The van der Waals surface area contributed by atoms with Crippen LogP contribution in [0.3, 0.4) is 0 Å². The molecule has 1 fully saturated rings. The maximum Gasteiger partial charge on any atom is 0.237 e. The standard InChI is InChI=1S/C16H23FN2O2/c1-16(15(18)20,19-13-7-8-13)9-2-3-10-21-14-6-4-5-12(17)11-14/h4-6,11,13,19H,2-3,7-10H2,1H3,(H2,18,20). The van der Waals surface area contributed by atoms with Gasteiger partial charge in [0, 0.05) is 12.1 Å². The van der Waals surface area contributed by atoms with Crippen LogP contribution in [0.15, 0.2) is 24.3 Å². The highest BCUT2D eigenvalue weighted by molar-refractivity contribution is 5.84. The molecule has 1 aromatic carbocycles. The molecule has 1 aliphatic carbocycles. The zero-order chi connectivity index (χ0) is 15.3. The zero-order valence-electron chi connectivity index (χ0n) is 12.4. The summed E-state index contributed by atoms with van der Waals surface area (Å²) in [6.07, 6.45) is 4.54. The van der Waals surface area contributed by atoms with Gasteiger partial charge in [-0.15, -0.1) is 0 Å². The minimum atomic E-state index is -0.639. The van der Waals surface area contributed by atoms with E-state index in [9.17, 15) is 9.18 Å². The first kappa shape index (κ1) is 15.8. The molecule has 0 aliphatic heterocycles. The number of carbonyl (C=O) groups excluding carboxylic acids is 1. The van der Waals surface area contributed by atoms with Crippen molar-refractivity contribution >= 4 is 5.91 Å². The van der Waals surface area contributed by atoms with E-state index in [1.807, 2.05) is 6.92 Å². The van der Waals surface area contributed by atoms with Gasteiger partial charge in [0.25, 0.3) is 0 Å². The molecule has 4 nitrogen and oxygen atoms in total. The molecular weight excluding hydrogens is 271 g/mol. The lowest BCUT2D eigenvalue weighted by atomic mass is 9.94. The quantitative estimate of drug-likeness (QED) is 0.687. The summed E-state index contributed by atoms with van der Waals surface area (Å²) in [4.78, 5) is 11.6. The van der Waals surface area contributed by atoms with Gasteiger partial charge in [-0.1, -0.05) is 6.07 Å². The Morgan fingerprint density at radius 3 is 2.86 bits per heavy atom. The average Bonchev–Trinajstić information content (AvgIpc) is 3.22. The lowest BCUT2D eigenvalue weighted by Gasteiger charge is -2.27. The first-order valence-corrected chi connectivity index (χ1v) is 7.45. The average molecular weight is 294 g/mol. The smallest absolute Gasteiger partial charge is 0.237 e. The van der Waals surface area contributed by atoms with Crippen LogP contribution < -0.4 is 15.8 Å². The summed E-state index contributed by atoms with van der Waals surface area (Å²) >= 11 is 0. The lowest BCUT2D eigenvalue weighted by Crippen LogP contribution is -2.53. The Morgan fingerprint density at radius 1 is 1.48 bits per heavy atom. The third-order valence-electron chi connectivity index (χ3n) is 3.78. The van der Waals surface area contributed by atoms with Gasteiger partial charge in [-0.05, 0) is 51.2 Å². The molecule has 5 heteroatoms. The second kappa shape index (κ2) is 6.89. The highest BCUT2D eigenvalue weighted by Gasteiger charge is 2.36. The van der Waals surface area contributed by atoms with Crippen LogP contribution in [0, 0.1) is 5.82 Å².